The molecule has 3 nitrogen and oxygen atoms in total. The van der Waals surface area contributed by atoms with Crippen LogP contribution in [-0.2, 0) is 0 Å². The zero-order chi connectivity index (χ0) is 10.7. The second-order valence-corrected chi connectivity index (χ2v) is 2.94. The minimum Gasteiger partial charge on any atom is -0.486 e. The molecule has 0 fully saturated rings. The molecule has 0 aromatic heterocycles. The third-order valence-electron chi connectivity index (χ3n) is 1.55. The second kappa shape index (κ2) is 4.23. The maximum Gasteiger partial charge on any atom is 0.202 e. The summed E-state index contributed by atoms with van der Waals surface area (Å²) in [6.07, 6.45) is -0.767. The molecule has 0 aliphatic rings. The first-order chi connectivity index (χ1) is 6.52. The summed E-state index contributed by atoms with van der Waals surface area (Å²) in [4.78, 5) is 0. The highest BCUT2D eigenvalue weighted by Crippen LogP contribution is 2.27. The number of halogens is 2. The maximum atomic E-state index is 13.1. The second-order valence-electron chi connectivity index (χ2n) is 2.94. The SMILES string of the molecule is CC(O)COc1c(N)ccc(F)c1F. The Labute approximate surface area is 80.1 Å². The largest absolute Gasteiger partial charge is 0.486 e. The number of nitrogens with two attached hydrogens (primary N) is 1. The molecule has 1 aromatic carbocycles. The molecule has 0 heterocycles. The molecule has 0 spiro atoms. The number of nitrogen functional groups attached to an aromatic ring is 1. The van der Waals surface area contributed by atoms with Gasteiger partial charge in [-0.1, -0.05) is 0 Å². The lowest BCUT2D eigenvalue weighted by atomic mass is 10.2. The van der Waals surface area contributed by atoms with Gasteiger partial charge in [-0.2, -0.15) is 4.39 Å². The molecule has 1 aromatic rings. The monoisotopic (exact) mass is 203 g/mol. The molecule has 1 unspecified atom stereocenters. The summed E-state index contributed by atoms with van der Waals surface area (Å²) in [5, 5.41) is 8.88. The van der Waals surface area contributed by atoms with E-state index in [4.69, 9.17) is 15.6 Å². The van der Waals surface area contributed by atoms with Gasteiger partial charge in [0.15, 0.2) is 11.6 Å². The van der Waals surface area contributed by atoms with Gasteiger partial charge in [-0.3, -0.25) is 0 Å². The fourth-order valence-corrected chi connectivity index (χ4v) is 0.898. The van der Waals surface area contributed by atoms with E-state index in [1.807, 2.05) is 0 Å². The summed E-state index contributed by atoms with van der Waals surface area (Å²) in [7, 11) is 0. The highest BCUT2D eigenvalue weighted by molar-refractivity contribution is 5.53. The van der Waals surface area contributed by atoms with Gasteiger partial charge < -0.3 is 15.6 Å². The Morgan fingerprint density at radius 3 is 2.71 bits per heavy atom. The van der Waals surface area contributed by atoms with Crippen LogP contribution in [-0.4, -0.2) is 17.8 Å². The van der Waals surface area contributed by atoms with Gasteiger partial charge in [-0.05, 0) is 19.1 Å². The molecule has 0 bridgehead atoms. The van der Waals surface area contributed by atoms with E-state index in [9.17, 15) is 8.78 Å². The number of aliphatic hydroxyl groups excluding tert-OH is 1. The molecule has 1 atom stereocenters. The Morgan fingerprint density at radius 1 is 1.50 bits per heavy atom. The summed E-state index contributed by atoms with van der Waals surface area (Å²) in [5.41, 5.74) is 5.37. The normalized spacial score (nSPS) is 12.6. The Balaban J connectivity index is 2.89. The average molecular weight is 203 g/mol. The van der Waals surface area contributed by atoms with Crippen LogP contribution in [0, 0.1) is 11.6 Å². The Kier molecular flexibility index (Phi) is 3.24. The molecular formula is C9H11F2NO2. The lowest BCUT2D eigenvalue weighted by Gasteiger charge is -2.11. The van der Waals surface area contributed by atoms with E-state index >= 15 is 0 Å². The predicted molar refractivity (Wildman–Crippen MR) is 47.9 cm³/mol. The van der Waals surface area contributed by atoms with Gasteiger partial charge in [-0.25, -0.2) is 4.39 Å². The first kappa shape index (κ1) is 10.7. The first-order valence-corrected chi connectivity index (χ1v) is 4.06. The van der Waals surface area contributed by atoms with Crippen molar-refractivity contribution in [2.24, 2.45) is 0 Å². The van der Waals surface area contributed by atoms with Crippen molar-refractivity contribution >= 4 is 5.69 Å². The molecule has 3 N–H and O–H groups in total. The molecule has 78 valence electrons. The standard InChI is InChI=1S/C9H11F2NO2/c1-5(13)4-14-9-7(12)3-2-6(10)8(9)11/h2-3,5,13H,4,12H2,1H3. The molecule has 0 saturated carbocycles. The van der Waals surface area contributed by atoms with Gasteiger partial charge >= 0.3 is 0 Å². The van der Waals surface area contributed by atoms with Gasteiger partial charge in [0, 0.05) is 0 Å². The Morgan fingerprint density at radius 2 is 2.14 bits per heavy atom. The molecule has 0 amide bonds. The maximum absolute atomic E-state index is 13.1. The number of anilines is 1. The zero-order valence-electron chi connectivity index (χ0n) is 7.63. The molecule has 0 radical (unpaired) electrons. The van der Waals surface area contributed by atoms with Crippen LogP contribution < -0.4 is 10.5 Å². The van der Waals surface area contributed by atoms with Crippen LogP contribution in [0.25, 0.3) is 0 Å². The topological polar surface area (TPSA) is 55.5 Å². The van der Waals surface area contributed by atoms with Crippen molar-refractivity contribution in [1.29, 1.82) is 0 Å². The number of ether oxygens (including phenoxy) is 1. The number of aliphatic hydroxyl groups is 1. The van der Waals surface area contributed by atoms with Crippen LogP contribution in [0.4, 0.5) is 14.5 Å². The van der Waals surface area contributed by atoms with E-state index in [0.717, 1.165) is 6.07 Å². The van der Waals surface area contributed by atoms with Crippen LogP contribution in [0.1, 0.15) is 6.92 Å². The number of rotatable bonds is 3. The molecule has 0 aliphatic carbocycles. The van der Waals surface area contributed by atoms with Gasteiger partial charge in [-0.15, -0.1) is 0 Å². The summed E-state index contributed by atoms with van der Waals surface area (Å²) >= 11 is 0. The molecule has 0 aliphatic heterocycles. The third-order valence-corrected chi connectivity index (χ3v) is 1.55. The van der Waals surface area contributed by atoms with Gasteiger partial charge in [0.25, 0.3) is 0 Å². The van der Waals surface area contributed by atoms with Crippen molar-refractivity contribution in [2.45, 2.75) is 13.0 Å². The summed E-state index contributed by atoms with van der Waals surface area (Å²) in [6, 6.07) is 2.12. The van der Waals surface area contributed by atoms with E-state index in [2.05, 4.69) is 0 Å². The van der Waals surface area contributed by atoms with Crippen LogP contribution in [0.2, 0.25) is 0 Å². The first-order valence-electron chi connectivity index (χ1n) is 4.06. The third kappa shape index (κ3) is 2.32. The zero-order valence-corrected chi connectivity index (χ0v) is 7.63. The molecule has 1 rings (SSSR count). The predicted octanol–water partition coefficient (Wildman–Crippen LogP) is 1.31. The van der Waals surface area contributed by atoms with E-state index in [-0.39, 0.29) is 18.0 Å². The summed E-state index contributed by atoms with van der Waals surface area (Å²) in [5.74, 6) is -2.52. The van der Waals surface area contributed by atoms with Crippen molar-refractivity contribution < 1.29 is 18.6 Å². The average Bonchev–Trinajstić information content (AvgIpc) is 2.11. The minimum atomic E-state index is -1.13. The quantitative estimate of drug-likeness (QED) is 0.728. The highest BCUT2D eigenvalue weighted by atomic mass is 19.2. The van der Waals surface area contributed by atoms with E-state index in [0.29, 0.717) is 0 Å². The van der Waals surface area contributed by atoms with Gasteiger partial charge in [0.1, 0.15) is 6.61 Å². The van der Waals surface area contributed by atoms with Crippen molar-refractivity contribution in [2.75, 3.05) is 12.3 Å². The Hall–Kier alpha value is -1.36. The van der Waals surface area contributed by atoms with E-state index in [1.54, 1.807) is 0 Å². The number of benzene rings is 1. The fourth-order valence-electron chi connectivity index (χ4n) is 0.898. The molecular weight excluding hydrogens is 192 g/mol. The highest BCUT2D eigenvalue weighted by Gasteiger charge is 2.13. The van der Waals surface area contributed by atoms with Crippen molar-refractivity contribution in [1.82, 2.24) is 0 Å². The molecule has 0 saturated heterocycles. The minimum absolute atomic E-state index is 0.00421. The van der Waals surface area contributed by atoms with Crippen LogP contribution in [0.5, 0.6) is 5.75 Å². The van der Waals surface area contributed by atoms with Crippen molar-refractivity contribution in [3.63, 3.8) is 0 Å². The van der Waals surface area contributed by atoms with Crippen LogP contribution >= 0.6 is 0 Å². The fraction of sp³-hybridized carbons (Fsp3) is 0.333. The Bertz CT molecular complexity index is 329. The number of hydrogen-bond acceptors (Lipinski definition) is 3. The lowest BCUT2D eigenvalue weighted by Crippen LogP contribution is -2.14. The summed E-state index contributed by atoms with van der Waals surface area (Å²) in [6.45, 7) is 1.33. The number of hydrogen-bond donors (Lipinski definition) is 2. The van der Waals surface area contributed by atoms with Gasteiger partial charge in [0.2, 0.25) is 5.82 Å². The smallest absolute Gasteiger partial charge is 0.202 e. The van der Waals surface area contributed by atoms with Crippen LogP contribution in [0.15, 0.2) is 12.1 Å². The van der Waals surface area contributed by atoms with Gasteiger partial charge in [0.05, 0.1) is 11.8 Å². The van der Waals surface area contributed by atoms with E-state index in [1.165, 1.54) is 13.0 Å². The molecule has 5 heteroatoms. The van der Waals surface area contributed by atoms with E-state index < -0.39 is 17.7 Å². The summed E-state index contributed by atoms with van der Waals surface area (Å²) < 4.78 is 30.6. The van der Waals surface area contributed by atoms with Crippen molar-refractivity contribution in [3.8, 4) is 5.75 Å². The van der Waals surface area contributed by atoms with Crippen LogP contribution in [0.3, 0.4) is 0 Å². The van der Waals surface area contributed by atoms with Crippen molar-refractivity contribution in [3.05, 3.63) is 23.8 Å². The lowest BCUT2D eigenvalue weighted by molar-refractivity contribution is 0.120. The molecule has 14 heavy (non-hydrogen) atoms.